The summed E-state index contributed by atoms with van der Waals surface area (Å²) in [6.45, 7) is 11.7. The van der Waals surface area contributed by atoms with E-state index in [2.05, 4.69) is 24.1 Å². The monoisotopic (exact) mass is 286 g/mol. The molecule has 0 bridgehead atoms. The zero-order chi connectivity index (χ0) is 15.2. The number of nitrogens with zero attached hydrogens (tertiary/aromatic N) is 1. The van der Waals surface area contributed by atoms with Crippen molar-refractivity contribution in [1.82, 2.24) is 10.2 Å². The van der Waals surface area contributed by atoms with E-state index in [-0.39, 0.29) is 5.97 Å². The molecule has 20 heavy (non-hydrogen) atoms. The van der Waals surface area contributed by atoms with E-state index in [9.17, 15) is 4.79 Å². The van der Waals surface area contributed by atoms with E-state index in [1.807, 2.05) is 13.8 Å². The maximum absolute atomic E-state index is 11.9. The van der Waals surface area contributed by atoms with Crippen LogP contribution in [0.25, 0.3) is 0 Å². The molecule has 3 unspecified atom stereocenters. The fraction of sp³-hybridized carbons (Fsp3) is 0.933. The molecule has 0 aromatic carbocycles. The average Bonchev–Trinajstić information content (AvgIpc) is 2.42. The molecule has 0 spiro atoms. The summed E-state index contributed by atoms with van der Waals surface area (Å²) in [4.78, 5) is 14.3. The first-order valence-corrected chi connectivity index (χ1v) is 7.62. The van der Waals surface area contributed by atoms with Gasteiger partial charge < -0.3 is 14.8 Å². The van der Waals surface area contributed by atoms with Gasteiger partial charge in [0.05, 0.1) is 19.8 Å². The van der Waals surface area contributed by atoms with Crippen molar-refractivity contribution >= 4 is 5.97 Å². The van der Waals surface area contributed by atoms with Crippen molar-refractivity contribution in [2.75, 3.05) is 33.4 Å². The highest BCUT2D eigenvalue weighted by molar-refractivity contribution is 5.80. The molecule has 1 saturated heterocycles. The van der Waals surface area contributed by atoms with Crippen LogP contribution in [-0.2, 0) is 14.3 Å². The van der Waals surface area contributed by atoms with Crippen LogP contribution < -0.4 is 5.32 Å². The number of likely N-dealkylation sites (N-methyl/N-ethyl adjacent to an activating group) is 1. The summed E-state index contributed by atoms with van der Waals surface area (Å²) < 4.78 is 10.5. The van der Waals surface area contributed by atoms with Crippen LogP contribution in [-0.4, -0.2) is 61.9 Å². The summed E-state index contributed by atoms with van der Waals surface area (Å²) >= 11 is 0. The molecular formula is C15H30N2O3. The molecule has 5 nitrogen and oxygen atoms in total. The highest BCUT2D eigenvalue weighted by Gasteiger charge is 2.33. The van der Waals surface area contributed by atoms with Gasteiger partial charge in [-0.05, 0) is 46.7 Å². The van der Waals surface area contributed by atoms with Crippen LogP contribution in [0.1, 0.15) is 40.5 Å². The fourth-order valence-corrected chi connectivity index (χ4v) is 2.80. The number of ether oxygens (including phenoxy) is 2. The highest BCUT2D eigenvalue weighted by atomic mass is 16.5. The molecule has 3 atom stereocenters. The second-order valence-corrected chi connectivity index (χ2v) is 5.95. The number of nitrogens with one attached hydrogen (secondary N) is 1. The van der Waals surface area contributed by atoms with Gasteiger partial charge in [-0.25, -0.2) is 0 Å². The Labute approximate surface area is 123 Å². The van der Waals surface area contributed by atoms with Crippen LogP contribution in [0.3, 0.4) is 0 Å². The Morgan fingerprint density at radius 1 is 1.50 bits per heavy atom. The third kappa shape index (κ3) is 4.72. The van der Waals surface area contributed by atoms with E-state index >= 15 is 0 Å². The molecule has 0 aromatic heterocycles. The zero-order valence-electron chi connectivity index (χ0n) is 13.6. The van der Waals surface area contributed by atoms with Crippen LogP contribution in [0, 0.1) is 0 Å². The van der Waals surface area contributed by atoms with Gasteiger partial charge in [0, 0.05) is 12.6 Å². The number of morpholine rings is 1. The molecule has 1 aliphatic heterocycles. The van der Waals surface area contributed by atoms with Crippen LogP contribution >= 0.6 is 0 Å². The fourth-order valence-electron chi connectivity index (χ4n) is 2.80. The molecule has 0 saturated carbocycles. The van der Waals surface area contributed by atoms with Gasteiger partial charge in [-0.15, -0.1) is 0 Å². The molecule has 1 aliphatic rings. The van der Waals surface area contributed by atoms with Gasteiger partial charge in [0.15, 0.2) is 0 Å². The predicted octanol–water partition coefficient (Wildman–Crippen LogP) is 1.42. The average molecular weight is 286 g/mol. The van der Waals surface area contributed by atoms with Crippen molar-refractivity contribution in [3.05, 3.63) is 0 Å². The Morgan fingerprint density at radius 3 is 2.80 bits per heavy atom. The van der Waals surface area contributed by atoms with E-state index in [1.165, 1.54) is 7.11 Å². The van der Waals surface area contributed by atoms with Gasteiger partial charge >= 0.3 is 5.97 Å². The summed E-state index contributed by atoms with van der Waals surface area (Å²) in [7, 11) is 1.45. The molecule has 0 aliphatic carbocycles. The van der Waals surface area contributed by atoms with Crippen LogP contribution in [0.4, 0.5) is 0 Å². The minimum atomic E-state index is -0.579. The third-order valence-electron chi connectivity index (χ3n) is 4.06. The molecule has 118 valence electrons. The maximum Gasteiger partial charge on any atom is 0.325 e. The minimum Gasteiger partial charge on any atom is -0.468 e. The van der Waals surface area contributed by atoms with E-state index in [0.29, 0.717) is 12.1 Å². The number of rotatable bonds is 7. The van der Waals surface area contributed by atoms with E-state index in [4.69, 9.17) is 9.47 Å². The lowest BCUT2D eigenvalue weighted by Gasteiger charge is -2.37. The number of hydrogen-bond acceptors (Lipinski definition) is 5. The molecule has 5 heteroatoms. The first-order valence-electron chi connectivity index (χ1n) is 7.62. The van der Waals surface area contributed by atoms with Gasteiger partial charge in [0.1, 0.15) is 5.54 Å². The molecular weight excluding hydrogens is 256 g/mol. The Morgan fingerprint density at radius 2 is 2.20 bits per heavy atom. The maximum atomic E-state index is 11.9. The van der Waals surface area contributed by atoms with Crippen LogP contribution in [0.15, 0.2) is 0 Å². The van der Waals surface area contributed by atoms with E-state index in [0.717, 1.165) is 39.1 Å². The number of methoxy groups -OCH3 is 1. The number of carbonyl (C=O) groups is 1. The lowest BCUT2D eigenvalue weighted by atomic mass is 9.95. The van der Waals surface area contributed by atoms with Gasteiger partial charge in [-0.3, -0.25) is 9.69 Å². The predicted molar refractivity (Wildman–Crippen MR) is 79.8 cm³/mol. The van der Waals surface area contributed by atoms with Crippen LogP contribution in [0.5, 0.6) is 0 Å². The van der Waals surface area contributed by atoms with Gasteiger partial charge in [0.2, 0.25) is 0 Å². The summed E-state index contributed by atoms with van der Waals surface area (Å²) in [6, 6.07) is 0.453. The van der Waals surface area contributed by atoms with Crippen molar-refractivity contribution in [1.29, 1.82) is 0 Å². The van der Waals surface area contributed by atoms with E-state index in [1.54, 1.807) is 0 Å². The van der Waals surface area contributed by atoms with Crippen molar-refractivity contribution in [3.8, 4) is 0 Å². The summed E-state index contributed by atoms with van der Waals surface area (Å²) in [5, 5.41) is 3.25. The molecule has 1 rings (SSSR count). The first kappa shape index (κ1) is 17.4. The molecule has 1 heterocycles. The lowest BCUT2D eigenvalue weighted by Crippen LogP contribution is -2.51. The van der Waals surface area contributed by atoms with Gasteiger partial charge in [0.25, 0.3) is 0 Å². The van der Waals surface area contributed by atoms with Crippen LogP contribution in [0.2, 0.25) is 0 Å². The molecule has 1 fully saturated rings. The van der Waals surface area contributed by atoms with Crippen molar-refractivity contribution in [2.45, 2.75) is 58.2 Å². The summed E-state index contributed by atoms with van der Waals surface area (Å²) in [5.74, 6) is -0.178. The number of hydrogen-bond donors (Lipinski definition) is 1. The number of carbonyl (C=O) groups excluding carboxylic acids is 1. The molecule has 0 amide bonds. The summed E-state index contributed by atoms with van der Waals surface area (Å²) in [5.41, 5.74) is -0.579. The van der Waals surface area contributed by atoms with Crippen molar-refractivity contribution < 1.29 is 14.3 Å². The first-order chi connectivity index (χ1) is 9.42. The Kier molecular flexibility index (Phi) is 6.92. The van der Waals surface area contributed by atoms with Gasteiger partial charge in [-0.1, -0.05) is 6.92 Å². The normalized spacial score (nSPS) is 27.1. The standard InChI is InChI=1S/C15H30N2O3/c1-6-16-15(4,14(18)19-5)8-7-9-17-10-13(3)20-11-12(17)2/h12-13,16H,6-11H2,1-5H3. The van der Waals surface area contributed by atoms with Crippen molar-refractivity contribution in [2.24, 2.45) is 0 Å². The quantitative estimate of drug-likeness (QED) is 0.717. The SMILES string of the molecule is CCNC(C)(CCCN1CC(C)OCC1C)C(=O)OC. The molecule has 1 N–H and O–H groups in total. The van der Waals surface area contributed by atoms with E-state index < -0.39 is 5.54 Å². The Balaban J connectivity index is 2.45. The second-order valence-electron chi connectivity index (χ2n) is 5.95. The third-order valence-corrected chi connectivity index (χ3v) is 4.06. The Bertz CT molecular complexity index is 311. The lowest BCUT2D eigenvalue weighted by molar-refractivity contribution is -0.148. The summed E-state index contributed by atoms with van der Waals surface area (Å²) in [6.07, 6.45) is 2.05. The Hall–Kier alpha value is -0.650. The number of esters is 1. The largest absolute Gasteiger partial charge is 0.468 e. The zero-order valence-corrected chi connectivity index (χ0v) is 13.6. The van der Waals surface area contributed by atoms with Crippen molar-refractivity contribution in [3.63, 3.8) is 0 Å². The topological polar surface area (TPSA) is 50.8 Å². The van der Waals surface area contributed by atoms with Gasteiger partial charge in [-0.2, -0.15) is 0 Å². The smallest absolute Gasteiger partial charge is 0.325 e. The second kappa shape index (κ2) is 7.96. The molecule has 0 radical (unpaired) electrons. The molecule has 0 aromatic rings. The highest BCUT2D eigenvalue weighted by Crippen LogP contribution is 2.17. The minimum absolute atomic E-state index is 0.178.